The van der Waals surface area contributed by atoms with E-state index in [1.807, 2.05) is 19.0 Å². The van der Waals surface area contributed by atoms with Crippen LogP contribution in [-0.2, 0) is 4.79 Å². The van der Waals surface area contributed by atoms with Crippen LogP contribution in [0.2, 0.25) is 10.0 Å². The number of halogens is 2. The van der Waals surface area contributed by atoms with Crippen LogP contribution in [0.15, 0.2) is 18.2 Å². The quantitative estimate of drug-likeness (QED) is 0.847. The summed E-state index contributed by atoms with van der Waals surface area (Å²) >= 11 is 11.8. The number of likely N-dealkylation sites (N-methyl/N-ethyl adjacent to an activating group) is 1. The van der Waals surface area contributed by atoms with Gasteiger partial charge in [0.25, 0.3) is 0 Å². The van der Waals surface area contributed by atoms with Crippen molar-refractivity contribution in [3.63, 3.8) is 0 Å². The molecule has 1 aromatic rings. The van der Waals surface area contributed by atoms with Crippen LogP contribution in [0.4, 0.5) is 0 Å². The summed E-state index contributed by atoms with van der Waals surface area (Å²) in [5, 5.41) is 3.70. The molecule has 0 aromatic heterocycles. The highest BCUT2D eigenvalue weighted by atomic mass is 35.5. The molecule has 0 aliphatic rings. The van der Waals surface area contributed by atoms with Gasteiger partial charge in [0.2, 0.25) is 5.91 Å². The van der Waals surface area contributed by atoms with Gasteiger partial charge in [-0.2, -0.15) is 0 Å². The van der Waals surface area contributed by atoms with Gasteiger partial charge in [-0.1, -0.05) is 23.2 Å². The number of hydrogen-bond acceptors (Lipinski definition) is 3. The zero-order valence-corrected chi connectivity index (χ0v) is 12.0. The highest BCUT2D eigenvalue weighted by Crippen LogP contribution is 2.28. The zero-order chi connectivity index (χ0) is 13.7. The van der Waals surface area contributed by atoms with Crippen LogP contribution in [-0.4, -0.2) is 37.7 Å². The third-order valence-corrected chi connectivity index (χ3v) is 2.79. The van der Waals surface area contributed by atoms with Crippen LogP contribution in [0.5, 0.6) is 5.75 Å². The van der Waals surface area contributed by atoms with E-state index in [1.165, 1.54) is 6.92 Å². The molecule has 0 aliphatic heterocycles. The molecule has 1 N–H and O–H groups in total. The first-order valence-electron chi connectivity index (χ1n) is 5.42. The first-order chi connectivity index (χ1) is 8.40. The van der Waals surface area contributed by atoms with Gasteiger partial charge >= 0.3 is 0 Å². The van der Waals surface area contributed by atoms with Crippen LogP contribution in [0.3, 0.4) is 0 Å². The monoisotopic (exact) mass is 290 g/mol. The van der Waals surface area contributed by atoms with Gasteiger partial charge in [-0.3, -0.25) is 9.69 Å². The maximum absolute atomic E-state index is 10.9. The van der Waals surface area contributed by atoms with Gasteiger partial charge in [0.1, 0.15) is 5.75 Å². The van der Waals surface area contributed by atoms with Gasteiger partial charge in [-0.05, 0) is 32.3 Å². The lowest BCUT2D eigenvalue weighted by Gasteiger charge is -2.25. The van der Waals surface area contributed by atoms with Gasteiger partial charge < -0.3 is 10.1 Å². The average molecular weight is 291 g/mol. The van der Waals surface area contributed by atoms with Crippen molar-refractivity contribution in [3.05, 3.63) is 28.2 Å². The number of rotatable bonds is 5. The van der Waals surface area contributed by atoms with Crippen molar-refractivity contribution >= 4 is 29.1 Å². The second-order valence-corrected chi connectivity index (χ2v) is 4.89. The normalized spacial score (nSPS) is 12.3. The lowest BCUT2D eigenvalue weighted by molar-refractivity contribution is -0.119. The van der Waals surface area contributed by atoms with Crippen molar-refractivity contribution in [3.8, 4) is 5.75 Å². The van der Waals surface area contributed by atoms with E-state index < -0.39 is 0 Å². The van der Waals surface area contributed by atoms with Crippen LogP contribution in [0.1, 0.15) is 6.92 Å². The Balaban J connectivity index is 2.73. The summed E-state index contributed by atoms with van der Waals surface area (Å²) in [6.45, 7) is 1.84. The molecule has 1 rings (SSSR count). The van der Waals surface area contributed by atoms with Crippen LogP contribution >= 0.6 is 23.2 Å². The molecule has 0 saturated carbocycles. The third-order valence-electron chi connectivity index (χ3n) is 2.26. The van der Waals surface area contributed by atoms with Gasteiger partial charge in [0.05, 0.1) is 11.6 Å². The molecule has 0 aliphatic carbocycles. The fourth-order valence-electron chi connectivity index (χ4n) is 1.28. The van der Waals surface area contributed by atoms with Gasteiger partial charge in [-0.15, -0.1) is 0 Å². The molecule has 6 heteroatoms. The fraction of sp³-hybridized carbons (Fsp3) is 0.417. The maximum atomic E-state index is 10.9. The van der Waals surface area contributed by atoms with E-state index in [0.29, 0.717) is 22.3 Å². The summed E-state index contributed by atoms with van der Waals surface area (Å²) in [5.41, 5.74) is 0. The number of nitrogens with zero attached hydrogens (tertiary/aromatic N) is 1. The molecule has 0 bridgehead atoms. The summed E-state index contributed by atoms with van der Waals surface area (Å²) in [5.74, 6) is 0.428. The Morgan fingerprint density at radius 3 is 2.61 bits per heavy atom. The van der Waals surface area contributed by atoms with E-state index in [2.05, 4.69) is 5.32 Å². The molecule has 1 aromatic carbocycles. The van der Waals surface area contributed by atoms with E-state index >= 15 is 0 Å². The molecule has 4 nitrogen and oxygen atoms in total. The highest BCUT2D eigenvalue weighted by Gasteiger charge is 2.15. The molecule has 1 atom stereocenters. The van der Waals surface area contributed by atoms with Crippen LogP contribution in [0, 0.1) is 0 Å². The molecule has 18 heavy (non-hydrogen) atoms. The molecule has 0 heterocycles. The van der Waals surface area contributed by atoms with Gasteiger partial charge in [0.15, 0.2) is 6.23 Å². The number of hydrogen-bond donors (Lipinski definition) is 1. The smallest absolute Gasteiger partial charge is 0.217 e. The first-order valence-corrected chi connectivity index (χ1v) is 6.18. The second kappa shape index (κ2) is 6.83. The Morgan fingerprint density at radius 1 is 1.44 bits per heavy atom. The number of amides is 1. The average Bonchev–Trinajstić information content (AvgIpc) is 2.26. The summed E-state index contributed by atoms with van der Waals surface area (Å²) in [7, 11) is 3.71. The Kier molecular flexibility index (Phi) is 5.72. The van der Waals surface area contributed by atoms with Crippen molar-refractivity contribution < 1.29 is 9.53 Å². The summed E-state index contributed by atoms with van der Waals surface area (Å²) in [4.78, 5) is 12.8. The second-order valence-electron chi connectivity index (χ2n) is 4.05. The molecule has 1 unspecified atom stereocenters. The van der Waals surface area contributed by atoms with Crippen molar-refractivity contribution in [2.75, 3.05) is 20.6 Å². The molecule has 100 valence electrons. The highest BCUT2D eigenvalue weighted by molar-refractivity contribution is 6.35. The van der Waals surface area contributed by atoms with E-state index in [-0.39, 0.29) is 12.1 Å². The van der Waals surface area contributed by atoms with Crippen LogP contribution in [0.25, 0.3) is 0 Å². The third kappa shape index (κ3) is 4.72. The van der Waals surface area contributed by atoms with Gasteiger partial charge in [0, 0.05) is 11.9 Å². The Bertz CT molecular complexity index is 425. The number of benzene rings is 1. The minimum Gasteiger partial charge on any atom is -0.472 e. The topological polar surface area (TPSA) is 41.6 Å². The Labute approximate surface area is 117 Å². The molecule has 0 saturated heterocycles. The predicted octanol–water partition coefficient (Wildman–Crippen LogP) is 2.40. The molecular formula is C12H16Cl2N2O2. The van der Waals surface area contributed by atoms with Crippen LogP contribution < -0.4 is 10.1 Å². The van der Waals surface area contributed by atoms with E-state index in [4.69, 9.17) is 27.9 Å². The SMILES string of the molecule is CC(=O)NCC(Oc1ccc(Cl)cc1Cl)N(C)C. The molecule has 0 fully saturated rings. The Hall–Kier alpha value is -0.970. The molecular weight excluding hydrogens is 275 g/mol. The molecule has 0 radical (unpaired) electrons. The van der Waals surface area contributed by atoms with E-state index in [0.717, 1.165) is 0 Å². The summed E-state index contributed by atoms with van der Waals surface area (Å²) in [6.07, 6.45) is -0.299. The summed E-state index contributed by atoms with van der Waals surface area (Å²) < 4.78 is 5.73. The lowest BCUT2D eigenvalue weighted by Crippen LogP contribution is -2.43. The number of nitrogens with one attached hydrogen (secondary N) is 1. The predicted molar refractivity (Wildman–Crippen MR) is 73.2 cm³/mol. The standard InChI is InChI=1S/C12H16Cl2N2O2/c1-8(17)15-7-12(16(2)3)18-11-5-4-9(13)6-10(11)14/h4-6,12H,7H2,1-3H3,(H,15,17). The maximum Gasteiger partial charge on any atom is 0.217 e. The zero-order valence-electron chi connectivity index (χ0n) is 10.5. The van der Waals surface area contributed by atoms with Crippen molar-refractivity contribution in [2.45, 2.75) is 13.2 Å². The minimum atomic E-state index is -0.299. The van der Waals surface area contributed by atoms with Gasteiger partial charge in [-0.25, -0.2) is 0 Å². The largest absolute Gasteiger partial charge is 0.472 e. The minimum absolute atomic E-state index is 0.104. The first kappa shape index (κ1) is 15.1. The number of ether oxygens (including phenoxy) is 1. The van der Waals surface area contributed by atoms with E-state index in [1.54, 1.807) is 18.2 Å². The van der Waals surface area contributed by atoms with Crippen molar-refractivity contribution in [2.24, 2.45) is 0 Å². The fourth-order valence-corrected chi connectivity index (χ4v) is 1.73. The Morgan fingerprint density at radius 2 is 2.11 bits per heavy atom. The molecule has 0 spiro atoms. The number of carbonyl (C=O) groups is 1. The lowest BCUT2D eigenvalue weighted by atomic mass is 10.3. The molecule has 1 amide bonds. The van der Waals surface area contributed by atoms with Crippen molar-refractivity contribution in [1.29, 1.82) is 0 Å². The number of carbonyl (C=O) groups excluding carboxylic acids is 1. The van der Waals surface area contributed by atoms with Crippen molar-refractivity contribution in [1.82, 2.24) is 10.2 Å². The van der Waals surface area contributed by atoms with E-state index in [9.17, 15) is 4.79 Å². The summed E-state index contributed by atoms with van der Waals surface area (Å²) in [6, 6.07) is 5.02.